The molecule has 0 saturated carbocycles. The van der Waals surface area contributed by atoms with Crippen molar-refractivity contribution in [2.75, 3.05) is 0 Å². The van der Waals surface area contributed by atoms with Crippen LogP contribution < -0.4 is 86.9 Å². The summed E-state index contributed by atoms with van der Waals surface area (Å²) in [4.78, 5) is 2.88. The molecule has 6 aliphatic heterocycles. The minimum absolute atomic E-state index is 0.0834. The first-order valence-electron chi connectivity index (χ1n) is 49.1. The van der Waals surface area contributed by atoms with E-state index in [1.54, 1.807) is 10.4 Å². The van der Waals surface area contributed by atoms with Gasteiger partial charge >= 0.3 is 0 Å². The van der Waals surface area contributed by atoms with Crippen molar-refractivity contribution in [1.82, 2.24) is 0 Å². The van der Waals surface area contributed by atoms with E-state index < -0.39 is 24.2 Å². The number of benzene rings is 12. The summed E-state index contributed by atoms with van der Waals surface area (Å²) < 4.78 is 50.6. The van der Waals surface area contributed by atoms with Crippen molar-refractivity contribution < 1.29 is 55.8 Å². The molecule has 24 rings (SSSR count). The number of aryl methyl sites for hydroxylation is 12. The Labute approximate surface area is 845 Å². The van der Waals surface area contributed by atoms with Crippen molar-refractivity contribution in [3.05, 3.63) is 420 Å². The lowest BCUT2D eigenvalue weighted by Crippen LogP contribution is -2.57. The molecule has 708 valence electrons. The summed E-state index contributed by atoms with van der Waals surface area (Å²) in [7, 11) is 7.19. The lowest BCUT2D eigenvalue weighted by atomic mass is 9.72. The number of nitrogens with zero attached hydrogens (tertiary/aromatic N) is 6. The minimum atomic E-state index is -1.85. The molecule has 0 amide bonds. The summed E-state index contributed by atoms with van der Waals surface area (Å²) in [6.45, 7) is 36.9. The third kappa shape index (κ3) is 17.7. The largest absolute Gasteiger partial charge is 0.458 e. The number of pyridine rings is 6. The van der Waals surface area contributed by atoms with Gasteiger partial charge in [-0.15, -0.1) is 0 Å². The second-order valence-corrected chi connectivity index (χ2v) is 54.7. The zero-order chi connectivity index (χ0) is 99.6. The molecular formula is C126H126N6O6SSi3+6. The van der Waals surface area contributed by atoms with Crippen LogP contribution in [-0.4, -0.2) is 24.2 Å². The summed E-state index contributed by atoms with van der Waals surface area (Å²) in [5.74, 6) is 11.0. The molecule has 12 heterocycles. The van der Waals surface area contributed by atoms with Crippen LogP contribution in [0, 0.1) is 41.5 Å². The molecule has 0 atom stereocenters. The molecule has 0 bridgehead atoms. The maximum Gasteiger partial charge on any atom is 0.216 e. The summed E-state index contributed by atoms with van der Waals surface area (Å²) in [6.07, 6.45) is 12.6. The van der Waals surface area contributed by atoms with Crippen LogP contribution in [0.4, 0.5) is 0 Å². The first kappa shape index (κ1) is 96.2. The highest BCUT2D eigenvalue weighted by Gasteiger charge is 2.46. The Kier molecular flexibility index (Phi) is 26.3. The van der Waals surface area contributed by atoms with E-state index in [-0.39, 0.29) is 10.8 Å². The highest BCUT2D eigenvalue weighted by Crippen LogP contribution is 2.55. The smallest absolute Gasteiger partial charge is 0.216 e. The molecule has 6 aromatic heterocycles. The predicted octanol–water partition coefficient (Wildman–Crippen LogP) is 24.8. The summed E-state index contributed by atoms with van der Waals surface area (Å²) >= 11 is 1.93. The number of hydrogen-bond acceptors (Lipinski definition) is 7. The molecule has 16 heteroatoms. The number of rotatable bonds is 6. The van der Waals surface area contributed by atoms with E-state index in [4.69, 9.17) is 28.4 Å². The Balaban J connectivity index is 0.000000108. The van der Waals surface area contributed by atoms with Gasteiger partial charge in [-0.1, -0.05) is 230 Å². The fourth-order valence-electron chi connectivity index (χ4n) is 21.7. The highest BCUT2D eigenvalue weighted by molar-refractivity contribution is 8.00. The first-order chi connectivity index (χ1) is 68.2. The molecule has 0 aliphatic carbocycles. The first-order valence-corrected chi connectivity index (χ1v) is 58.9. The van der Waals surface area contributed by atoms with E-state index in [0.29, 0.717) is 0 Å². The summed E-state index contributed by atoms with van der Waals surface area (Å²) in [6, 6.07) is 115. The average molecular weight is 1940 g/mol. The van der Waals surface area contributed by atoms with Crippen LogP contribution in [0.15, 0.2) is 375 Å². The molecule has 18 aromatic rings. The molecule has 12 nitrogen and oxygen atoms in total. The maximum absolute atomic E-state index is 6.46. The van der Waals surface area contributed by atoms with Crippen molar-refractivity contribution in [1.29, 1.82) is 0 Å². The zero-order valence-corrected chi connectivity index (χ0v) is 89.5. The van der Waals surface area contributed by atoms with Crippen molar-refractivity contribution in [3.8, 4) is 137 Å². The van der Waals surface area contributed by atoms with Gasteiger partial charge in [-0.25, -0.2) is 27.4 Å². The van der Waals surface area contributed by atoms with Gasteiger partial charge in [0.05, 0.1) is 27.8 Å². The van der Waals surface area contributed by atoms with Gasteiger partial charge in [0.15, 0.2) is 60.2 Å². The SMILES string of the molecule is Cc1ccc2c(c1-c1cccc[n+]1C)C(C)(C)c1ccccc1O2.Cc1ccc2c(c1-c1cccc[n+]1C)Oc1ccccc1C2(C)C.Cc1ccc2c(c1-c1cccc[n+]1C)Oc1ccccc1O2.Cc1ccc2c(c1-c1cccc[n+]1C)Oc1ccccc1[Si]2(C)C.Cc1ccc2c(c1-c1cccc[n+]1C)[Si](C)(C)c1ccccc1O2.Cc1ccc2c(c1-c1cccc[n+]1C)[Si](C)(C)c1ccccc1S2. The summed E-state index contributed by atoms with van der Waals surface area (Å²) in [5.41, 5.74) is 27.1. The van der Waals surface area contributed by atoms with E-state index >= 15 is 0 Å². The molecule has 0 saturated heterocycles. The third-order valence-corrected chi connectivity index (χ3v) is 41.5. The second-order valence-electron chi connectivity index (χ2n) is 40.7. The number of ether oxygens (including phenoxy) is 6. The van der Waals surface area contributed by atoms with E-state index in [1.807, 2.05) is 85.7 Å². The third-order valence-electron chi connectivity index (χ3n) is 29.4. The topological polar surface area (TPSA) is 78.7 Å². The van der Waals surface area contributed by atoms with Crippen LogP contribution in [0.3, 0.4) is 0 Å². The Morgan fingerprint density at radius 2 is 0.528 bits per heavy atom. The predicted molar refractivity (Wildman–Crippen MR) is 584 cm³/mol. The van der Waals surface area contributed by atoms with Crippen LogP contribution in [0.1, 0.15) is 83.3 Å². The lowest BCUT2D eigenvalue weighted by molar-refractivity contribution is -0.660. The Hall–Kier alpha value is -14.7. The van der Waals surface area contributed by atoms with Gasteiger partial charge in [0.2, 0.25) is 34.2 Å². The second kappa shape index (κ2) is 38.7. The molecule has 0 radical (unpaired) electrons. The van der Waals surface area contributed by atoms with E-state index in [9.17, 15) is 0 Å². The Morgan fingerprint density at radius 1 is 0.211 bits per heavy atom. The number of hydrogen-bond donors (Lipinski definition) is 0. The maximum atomic E-state index is 6.46. The van der Waals surface area contributed by atoms with Crippen molar-refractivity contribution in [3.63, 3.8) is 0 Å². The van der Waals surface area contributed by atoms with Crippen LogP contribution in [0.5, 0.6) is 69.0 Å². The minimum Gasteiger partial charge on any atom is -0.458 e. The van der Waals surface area contributed by atoms with Gasteiger partial charge < -0.3 is 28.4 Å². The van der Waals surface area contributed by atoms with E-state index in [0.717, 1.165) is 85.8 Å². The van der Waals surface area contributed by atoms with Gasteiger partial charge in [-0.05, 0) is 204 Å². The zero-order valence-electron chi connectivity index (χ0n) is 85.7. The quantitative estimate of drug-likeness (QED) is 0.121. The van der Waals surface area contributed by atoms with Gasteiger partial charge in [-0.3, -0.25) is 0 Å². The fourth-order valence-corrected chi connectivity index (χ4v) is 33.6. The van der Waals surface area contributed by atoms with Crippen molar-refractivity contribution in [2.45, 2.75) is 129 Å². The van der Waals surface area contributed by atoms with Crippen LogP contribution >= 0.6 is 11.8 Å². The molecule has 12 aromatic carbocycles. The number of para-hydroxylation sites is 6. The number of aromatic nitrogens is 6. The molecule has 0 N–H and O–H groups in total. The fraction of sp³-hybridized carbons (Fsp3) is 0.190. The molecular weight excluding hydrogens is 1810 g/mol. The Bertz CT molecular complexity index is 7470. The van der Waals surface area contributed by atoms with Crippen LogP contribution in [0.25, 0.3) is 67.5 Å². The van der Waals surface area contributed by atoms with E-state index in [2.05, 4.69) is 469 Å². The highest BCUT2D eigenvalue weighted by atomic mass is 32.2. The Morgan fingerprint density at radius 3 is 1.04 bits per heavy atom. The standard InChI is InChI=1S/2C22H22NO.2C21H22NOSi.C21H22NSSi.C19H16NO2/c1-15-12-13-17-21(20(15)18-10-7-8-14-23(18)4)24-19-11-6-5-9-16(19)22(17,2)3;1-15-12-13-19-21(20(15)17-10-7-8-14-23(17)4)22(2,3)16-9-5-6-11-18(16)24-19;1-15-12-13-18-21(20(15)16-9-7-8-14-22(16)2)24(3,4)19-11-6-5-10-17(19)23-18;1-15-12-13-19-21(20(15)16-9-7-8-14-22(16)2)23-17-10-5-6-11-18(17)24(19,3)4;1-15-12-13-18-21(20(15)16-9-7-8-14-22(16)2)24(3,4)19-11-6-5-10-17(19)23-18;1-13-10-11-17-19(18(13)14-7-5-6-12-20(14)2)22-16-9-4-3-8-15(16)21-17/h5*5-14H,1-4H3;3-12H,1-2H3/q6*+1. The normalized spacial score (nSPS) is 14.2. The van der Waals surface area contributed by atoms with Crippen LogP contribution in [0.2, 0.25) is 39.3 Å². The van der Waals surface area contributed by atoms with Gasteiger partial charge in [0.1, 0.15) is 113 Å². The van der Waals surface area contributed by atoms with Crippen molar-refractivity contribution >= 4 is 67.1 Å². The van der Waals surface area contributed by atoms with Gasteiger partial charge in [-0.2, -0.15) is 0 Å². The van der Waals surface area contributed by atoms with Crippen LogP contribution in [-0.2, 0) is 53.1 Å². The van der Waals surface area contributed by atoms with Gasteiger partial charge in [0, 0.05) is 126 Å². The lowest BCUT2D eigenvalue weighted by Gasteiger charge is -2.36. The summed E-state index contributed by atoms with van der Waals surface area (Å²) in [5, 5.41) is 8.70. The molecule has 0 unspecified atom stereocenters. The monoisotopic (exact) mass is 1930 g/mol. The van der Waals surface area contributed by atoms with Crippen molar-refractivity contribution in [2.24, 2.45) is 42.3 Å². The molecule has 142 heavy (non-hydrogen) atoms. The van der Waals surface area contributed by atoms with E-state index in [1.165, 1.54) is 137 Å². The molecule has 6 aliphatic rings. The molecule has 0 spiro atoms. The molecule has 0 fully saturated rings. The van der Waals surface area contributed by atoms with Gasteiger partial charge in [0.25, 0.3) is 0 Å². The number of fused-ring (bicyclic) bond motifs is 12. The average Bonchev–Trinajstić information content (AvgIpc) is 0.707.